The van der Waals surface area contributed by atoms with Crippen LogP contribution in [-0.4, -0.2) is 74.4 Å². The van der Waals surface area contributed by atoms with Crippen LogP contribution in [0.3, 0.4) is 0 Å². The monoisotopic (exact) mass is 561 g/mol. The highest BCUT2D eigenvalue weighted by molar-refractivity contribution is 6.24. The van der Waals surface area contributed by atoms with Gasteiger partial charge >= 0.3 is 0 Å². The van der Waals surface area contributed by atoms with Crippen LogP contribution in [0, 0.1) is 18.8 Å². The highest BCUT2D eigenvalue weighted by atomic mass is 16.3. The molecule has 0 bridgehead atoms. The van der Waals surface area contributed by atoms with Crippen LogP contribution >= 0.6 is 0 Å². The number of aromatic hydroxyl groups is 1. The number of anilines is 1. The fourth-order valence-electron chi connectivity index (χ4n) is 6.45. The number of carbonyl (C=O) groups excluding carboxylic acids is 4. The number of benzene rings is 2. The van der Waals surface area contributed by atoms with Gasteiger partial charge < -0.3 is 31.5 Å². The first kappa shape index (κ1) is 28.1. The molecular formula is C30H31N3O8. The molecule has 0 aliphatic heterocycles. The lowest BCUT2D eigenvalue weighted by Gasteiger charge is -2.50. The Hall–Kier alpha value is -4.48. The molecule has 4 atom stereocenters. The highest BCUT2D eigenvalue weighted by Crippen LogP contribution is 2.53. The van der Waals surface area contributed by atoms with Gasteiger partial charge in [0.15, 0.2) is 11.4 Å². The summed E-state index contributed by atoms with van der Waals surface area (Å²) in [7, 11) is 3.07. The SMILES string of the molecule is Cc1ccc(CC(=O)Nc2ccc(O)c3c2C[C@H]2C[C@H]4[C@H](N(C)C)C(=O)C(C(N)=O)=C(O)[C@@]4(O)C(=O)C2=C3O)cc1. The van der Waals surface area contributed by atoms with Crippen molar-refractivity contribution >= 4 is 34.8 Å². The third-order valence-electron chi connectivity index (χ3n) is 8.36. The first-order valence-electron chi connectivity index (χ1n) is 13.1. The number of phenolic OH excluding ortho intramolecular Hbond substituents is 1. The number of rotatable bonds is 5. The molecule has 2 aromatic carbocycles. The van der Waals surface area contributed by atoms with Crippen molar-refractivity contribution in [2.24, 2.45) is 17.6 Å². The van der Waals surface area contributed by atoms with E-state index in [2.05, 4.69) is 5.32 Å². The van der Waals surface area contributed by atoms with E-state index in [1.807, 2.05) is 31.2 Å². The Morgan fingerprint density at radius 3 is 2.34 bits per heavy atom. The predicted molar refractivity (Wildman–Crippen MR) is 148 cm³/mol. The van der Waals surface area contributed by atoms with Gasteiger partial charge in [0, 0.05) is 17.2 Å². The molecule has 7 N–H and O–H groups in total. The molecule has 11 heteroatoms. The summed E-state index contributed by atoms with van der Waals surface area (Å²) >= 11 is 0. The number of phenols is 1. The molecule has 2 aromatic rings. The standard InChI is InChI=1S/C30H31N3O8/c1-13-4-6-14(7-5-13)10-20(35)32-18-8-9-19(34)22-16(18)11-15-12-17-24(33(2)3)26(37)23(29(31)40)28(39)30(17,41)27(38)21(15)25(22)36/h4-9,15,17,24,34,36,39,41H,10-12H2,1-3H3,(H2,31,40)(H,32,35)/t15-,17-,24-,30-/m0/s1. The number of aliphatic hydroxyl groups is 3. The van der Waals surface area contributed by atoms with E-state index in [9.17, 15) is 39.6 Å². The van der Waals surface area contributed by atoms with Crippen LogP contribution in [0.25, 0.3) is 5.76 Å². The molecule has 41 heavy (non-hydrogen) atoms. The molecule has 1 saturated carbocycles. The maximum atomic E-state index is 13.9. The zero-order valence-corrected chi connectivity index (χ0v) is 22.8. The summed E-state index contributed by atoms with van der Waals surface area (Å²) in [6, 6.07) is 9.08. The van der Waals surface area contributed by atoms with Gasteiger partial charge in [-0.25, -0.2) is 0 Å². The molecule has 11 nitrogen and oxygen atoms in total. The summed E-state index contributed by atoms with van der Waals surface area (Å²) in [5.41, 5.74) is 3.99. The van der Waals surface area contributed by atoms with Gasteiger partial charge in [-0.15, -0.1) is 0 Å². The summed E-state index contributed by atoms with van der Waals surface area (Å²) < 4.78 is 0. The van der Waals surface area contributed by atoms with Crippen molar-refractivity contribution in [3.63, 3.8) is 0 Å². The van der Waals surface area contributed by atoms with E-state index in [0.717, 1.165) is 11.1 Å². The topological polar surface area (TPSA) is 190 Å². The van der Waals surface area contributed by atoms with Gasteiger partial charge in [-0.3, -0.25) is 24.1 Å². The number of amides is 2. The molecular weight excluding hydrogens is 530 g/mol. The van der Waals surface area contributed by atoms with Crippen LogP contribution in [0.1, 0.15) is 28.7 Å². The third kappa shape index (κ3) is 4.28. The lowest BCUT2D eigenvalue weighted by molar-refractivity contribution is -0.153. The summed E-state index contributed by atoms with van der Waals surface area (Å²) in [6.07, 6.45) is 0.113. The smallest absolute Gasteiger partial charge is 0.255 e. The molecule has 5 rings (SSSR count). The Labute approximate surface area is 235 Å². The average molecular weight is 562 g/mol. The van der Waals surface area contributed by atoms with E-state index < -0.39 is 58.0 Å². The number of carbonyl (C=O) groups is 4. The Kier molecular flexibility index (Phi) is 6.75. The highest BCUT2D eigenvalue weighted by Gasteiger charge is 2.64. The number of hydrogen-bond acceptors (Lipinski definition) is 9. The molecule has 0 aromatic heterocycles. The molecule has 0 unspecified atom stereocenters. The summed E-state index contributed by atoms with van der Waals surface area (Å²) in [5.74, 6) is -7.58. The van der Waals surface area contributed by atoms with Crippen molar-refractivity contribution in [2.45, 2.75) is 37.8 Å². The van der Waals surface area contributed by atoms with E-state index in [-0.39, 0.29) is 42.1 Å². The number of aryl methyl sites for hydroxylation is 1. The summed E-state index contributed by atoms with van der Waals surface area (Å²) in [5, 5.41) is 47.4. The lowest BCUT2D eigenvalue weighted by Crippen LogP contribution is -2.65. The number of nitrogens with two attached hydrogens (primary N) is 1. The fraction of sp³-hybridized carbons (Fsp3) is 0.333. The van der Waals surface area contributed by atoms with Crippen molar-refractivity contribution in [3.05, 3.63) is 75.6 Å². The van der Waals surface area contributed by atoms with Crippen LogP contribution in [0.5, 0.6) is 5.75 Å². The number of nitrogens with zero attached hydrogens (tertiary/aromatic N) is 1. The second-order valence-corrected chi connectivity index (χ2v) is 11.2. The fourth-order valence-corrected chi connectivity index (χ4v) is 6.45. The minimum atomic E-state index is -2.71. The molecule has 3 aliphatic carbocycles. The van der Waals surface area contributed by atoms with Crippen LogP contribution in [0.15, 0.2) is 53.3 Å². The number of nitrogens with one attached hydrogen (secondary N) is 1. The van der Waals surface area contributed by atoms with Gasteiger partial charge in [-0.05, 0) is 63.0 Å². The van der Waals surface area contributed by atoms with Crippen molar-refractivity contribution in [1.29, 1.82) is 0 Å². The largest absolute Gasteiger partial charge is 0.508 e. The zero-order chi connectivity index (χ0) is 30.0. The van der Waals surface area contributed by atoms with Gasteiger partial charge in [0.05, 0.1) is 18.0 Å². The summed E-state index contributed by atoms with van der Waals surface area (Å²) in [4.78, 5) is 53.5. The third-order valence-corrected chi connectivity index (χ3v) is 8.36. The van der Waals surface area contributed by atoms with Gasteiger partial charge in [0.2, 0.25) is 11.7 Å². The van der Waals surface area contributed by atoms with Crippen LogP contribution in [-0.2, 0) is 32.0 Å². The Bertz CT molecular complexity index is 1570. The van der Waals surface area contributed by atoms with Gasteiger partial charge in [0.1, 0.15) is 22.8 Å². The molecule has 1 fully saturated rings. The molecule has 0 spiro atoms. The average Bonchev–Trinajstić information content (AvgIpc) is 2.89. The van der Waals surface area contributed by atoms with Crippen molar-refractivity contribution in [2.75, 3.05) is 19.4 Å². The van der Waals surface area contributed by atoms with Gasteiger partial charge in [-0.2, -0.15) is 0 Å². The van der Waals surface area contributed by atoms with Gasteiger partial charge in [-0.1, -0.05) is 29.8 Å². The number of Topliss-reactive ketones (excluding diaryl/α,β-unsaturated/α-hetero) is 2. The quantitative estimate of drug-likeness (QED) is 0.232. The second kappa shape index (κ2) is 9.86. The number of hydrogen-bond donors (Lipinski definition) is 6. The van der Waals surface area contributed by atoms with Crippen molar-refractivity contribution in [1.82, 2.24) is 4.90 Å². The van der Waals surface area contributed by atoms with Crippen LogP contribution < -0.4 is 11.1 Å². The minimum Gasteiger partial charge on any atom is -0.508 e. The van der Waals surface area contributed by atoms with E-state index in [1.54, 1.807) is 0 Å². The Balaban J connectivity index is 1.58. The molecule has 3 aliphatic rings. The molecule has 0 heterocycles. The Morgan fingerprint density at radius 2 is 1.73 bits per heavy atom. The maximum absolute atomic E-state index is 13.9. The number of fused-ring (bicyclic) bond motifs is 3. The number of ketones is 2. The molecule has 2 amide bonds. The van der Waals surface area contributed by atoms with E-state index in [4.69, 9.17) is 5.73 Å². The van der Waals surface area contributed by atoms with Gasteiger partial charge in [0.25, 0.3) is 5.91 Å². The number of aliphatic hydroxyl groups excluding tert-OH is 2. The summed E-state index contributed by atoms with van der Waals surface area (Å²) in [6.45, 7) is 1.94. The van der Waals surface area contributed by atoms with E-state index in [0.29, 0.717) is 11.3 Å². The molecule has 0 radical (unpaired) electrons. The molecule has 0 saturated heterocycles. The minimum absolute atomic E-state index is 0.0435. The van der Waals surface area contributed by atoms with Crippen LogP contribution in [0.4, 0.5) is 5.69 Å². The first-order chi connectivity index (χ1) is 19.3. The van der Waals surface area contributed by atoms with E-state index >= 15 is 0 Å². The van der Waals surface area contributed by atoms with Crippen molar-refractivity contribution < 1.29 is 39.6 Å². The zero-order valence-electron chi connectivity index (χ0n) is 22.8. The predicted octanol–water partition coefficient (Wildman–Crippen LogP) is 1.45. The molecule has 214 valence electrons. The second-order valence-electron chi connectivity index (χ2n) is 11.2. The lowest BCUT2D eigenvalue weighted by atomic mass is 9.57. The number of likely N-dealkylation sites (N-methyl/N-ethyl adjacent to an activating group) is 1. The van der Waals surface area contributed by atoms with E-state index in [1.165, 1.54) is 31.1 Å². The first-order valence-corrected chi connectivity index (χ1v) is 13.1. The normalized spacial score (nSPS) is 25.5. The number of primary amides is 1. The Morgan fingerprint density at radius 1 is 1.07 bits per heavy atom. The maximum Gasteiger partial charge on any atom is 0.255 e. The van der Waals surface area contributed by atoms with Crippen LogP contribution in [0.2, 0.25) is 0 Å². The van der Waals surface area contributed by atoms with Crippen molar-refractivity contribution in [3.8, 4) is 5.75 Å².